The highest BCUT2D eigenvalue weighted by Gasteiger charge is 2.26. The molecule has 0 aliphatic carbocycles. The Morgan fingerprint density at radius 1 is 1.45 bits per heavy atom. The van der Waals surface area contributed by atoms with Crippen LogP contribution in [0.1, 0.15) is 50.7 Å². The minimum Gasteiger partial charge on any atom is -0.370 e. The van der Waals surface area contributed by atoms with E-state index in [1.165, 1.54) is 12.1 Å². The fourth-order valence-corrected chi connectivity index (χ4v) is 2.82. The lowest BCUT2D eigenvalue weighted by atomic mass is 10.0. The summed E-state index contributed by atoms with van der Waals surface area (Å²) in [5.41, 5.74) is 6.02. The van der Waals surface area contributed by atoms with Crippen molar-refractivity contribution in [3.05, 3.63) is 35.6 Å². The molecule has 5 nitrogen and oxygen atoms in total. The molecule has 1 aromatic rings. The number of hydrogen-bond donors (Lipinski definition) is 2. The highest BCUT2D eigenvalue weighted by Crippen LogP contribution is 2.34. The number of benzene rings is 1. The monoisotopic (exact) mass is 310 g/mol. The van der Waals surface area contributed by atoms with Crippen molar-refractivity contribution < 1.29 is 19.1 Å². The molecule has 1 aromatic carbocycles. The highest BCUT2D eigenvalue weighted by atomic mass is 19.1. The van der Waals surface area contributed by atoms with Gasteiger partial charge in [0.2, 0.25) is 0 Å². The topological polar surface area (TPSA) is 75.8 Å². The van der Waals surface area contributed by atoms with E-state index in [1.54, 1.807) is 19.1 Å². The van der Waals surface area contributed by atoms with E-state index < -0.39 is 6.03 Å². The van der Waals surface area contributed by atoms with Crippen molar-refractivity contribution in [1.82, 2.24) is 5.06 Å². The van der Waals surface area contributed by atoms with E-state index in [0.717, 1.165) is 31.2 Å². The predicted molar refractivity (Wildman–Crippen MR) is 79.8 cm³/mol. The zero-order valence-electron chi connectivity index (χ0n) is 12.7. The summed E-state index contributed by atoms with van der Waals surface area (Å²) in [5.74, 6) is -0.240. The number of hydrogen-bond acceptors (Lipinski definition) is 3. The average Bonchev–Trinajstić information content (AvgIpc) is 2.95. The van der Waals surface area contributed by atoms with Gasteiger partial charge in [-0.1, -0.05) is 12.1 Å². The maximum absolute atomic E-state index is 12.9. The first-order chi connectivity index (χ1) is 10.5. The van der Waals surface area contributed by atoms with Gasteiger partial charge in [0.05, 0.1) is 18.2 Å². The summed E-state index contributed by atoms with van der Waals surface area (Å²) in [5, 5.41) is 9.96. The van der Waals surface area contributed by atoms with E-state index in [9.17, 15) is 14.4 Å². The summed E-state index contributed by atoms with van der Waals surface area (Å²) >= 11 is 0. The number of urea groups is 1. The second-order valence-corrected chi connectivity index (χ2v) is 5.84. The van der Waals surface area contributed by atoms with Crippen LogP contribution in [-0.4, -0.2) is 28.4 Å². The van der Waals surface area contributed by atoms with Crippen LogP contribution < -0.4 is 5.73 Å². The summed E-state index contributed by atoms with van der Waals surface area (Å²) in [7, 11) is 0. The number of rotatable bonds is 6. The lowest BCUT2D eigenvalue weighted by Crippen LogP contribution is -2.39. The van der Waals surface area contributed by atoms with E-state index >= 15 is 0 Å². The normalized spacial score (nSPS) is 22.5. The Labute approximate surface area is 129 Å². The molecular weight excluding hydrogens is 287 g/mol. The number of hydroxylamine groups is 2. The van der Waals surface area contributed by atoms with Gasteiger partial charge in [0.15, 0.2) is 0 Å². The van der Waals surface area contributed by atoms with E-state index in [0.29, 0.717) is 11.5 Å². The largest absolute Gasteiger partial charge is 0.370 e. The molecule has 0 spiro atoms. The fraction of sp³-hybridized carbons (Fsp3) is 0.562. The molecule has 1 aliphatic rings. The number of carbonyl (C=O) groups is 1. The van der Waals surface area contributed by atoms with Crippen molar-refractivity contribution in [3.8, 4) is 0 Å². The lowest BCUT2D eigenvalue weighted by Gasteiger charge is -2.21. The first-order valence-corrected chi connectivity index (χ1v) is 7.66. The Balaban J connectivity index is 1.73. The van der Waals surface area contributed by atoms with Gasteiger partial charge in [-0.3, -0.25) is 5.21 Å². The summed E-state index contributed by atoms with van der Waals surface area (Å²) in [6.45, 7) is 1.75. The summed E-state index contributed by atoms with van der Waals surface area (Å²) in [6.07, 6.45) is 4.47. The van der Waals surface area contributed by atoms with Gasteiger partial charge in [-0.05, 0) is 56.7 Å². The quantitative estimate of drug-likeness (QED) is 0.625. The molecule has 2 amide bonds. The van der Waals surface area contributed by atoms with Gasteiger partial charge in [-0.25, -0.2) is 14.2 Å². The summed E-state index contributed by atoms with van der Waals surface area (Å²) in [4.78, 5) is 10.8. The number of ether oxygens (including phenoxy) is 1. The molecule has 22 heavy (non-hydrogen) atoms. The zero-order valence-corrected chi connectivity index (χ0v) is 12.7. The van der Waals surface area contributed by atoms with Gasteiger partial charge < -0.3 is 10.5 Å². The molecule has 1 aliphatic heterocycles. The Morgan fingerprint density at radius 2 is 2.14 bits per heavy atom. The van der Waals surface area contributed by atoms with Gasteiger partial charge in [0.25, 0.3) is 0 Å². The maximum atomic E-state index is 12.9. The van der Waals surface area contributed by atoms with Crippen LogP contribution in [0.2, 0.25) is 0 Å². The molecule has 0 bridgehead atoms. The molecule has 1 heterocycles. The molecule has 0 unspecified atom stereocenters. The fourth-order valence-electron chi connectivity index (χ4n) is 2.82. The first kappa shape index (κ1) is 16.7. The smallest absolute Gasteiger partial charge is 0.338 e. The molecule has 1 fully saturated rings. The van der Waals surface area contributed by atoms with Crippen LogP contribution in [0.3, 0.4) is 0 Å². The molecule has 1 saturated heterocycles. The van der Waals surface area contributed by atoms with Crippen molar-refractivity contribution in [1.29, 1.82) is 0 Å². The van der Waals surface area contributed by atoms with Crippen LogP contribution in [0.15, 0.2) is 24.3 Å². The van der Waals surface area contributed by atoms with Gasteiger partial charge in [-0.15, -0.1) is 0 Å². The number of carbonyl (C=O) groups excluding carboxylic acids is 1. The number of halogens is 1. The predicted octanol–water partition coefficient (Wildman–Crippen LogP) is 3.37. The number of nitrogens with zero attached hydrogens (tertiary/aromatic N) is 1. The van der Waals surface area contributed by atoms with Crippen LogP contribution in [0.25, 0.3) is 0 Å². The third-order valence-electron chi connectivity index (χ3n) is 4.14. The first-order valence-electron chi connectivity index (χ1n) is 7.66. The van der Waals surface area contributed by atoms with Crippen molar-refractivity contribution in [2.75, 3.05) is 0 Å². The minimum atomic E-state index is -0.832. The molecule has 3 N–H and O–H groups in total. The number of nitrogens with two attached hydrogens (primary N) is 1. The number of primary amides is 1. The molecule has 3 atom stereocenters. The second-order valence-electron chi connectivity index (χ2n) is 5.84. The SMILES string of the molecule is C[C@@H](CCC[C@@H]1CC[C@H](c2ccc(F)cc2)O1)N(O)C(N)=O. The highest BCUT2D eigenvalue weighted by molar-refractivity contribution is 5.70. The minimum absolute atomic E-state index is 0.0305. The zero-order chi connectivity index (χ0) is 16.1. The molecule has 0 saturated carbocycles. The second kappa shape index (κ2) is 7.56. The third kappa shape index (κ3) is 4.42. The van der Waals surface area contributed by atoms with E-state index in [1.807, 2.05) is 0 Å². The molecule has 0 aromatic heterocycles. The van der Waals surface area contributed by atoms with Crippen molar-refractivity contribution in [2.45, 2.75) is 57.3 Å². The van der Waals surface area contributed by atoms with Gasteiger partial charge in [-0.2, -0.15) is 0 Å². The van der Waals surface area contributed by atoms with Gasteiger partial charge in [0, 0.05) is 0 Å². The average molecular weight is 310 g/mol. The molecule has 122 valence electrons. The standard InChI is InChI=1S/C16H23FN2O3/c1-11(19(21)16(18)20)3-2-4-14-9-10-15(22-14)12-5-7-13(17)8-6-12/h5-8,11,14-15,21H,2-4,9-10H2,1H3,(H2,18,20)/t11-,14+,15+/m0/s1. The third-order valence-corrected chi connectivity index (χ3v) is 4.14. The maximum Gasteiger partial charge on any atom is 0.338 e. The van der Waals surface area contributed by atoms with Gasteiger partial charge in [0.1, 0.15) is 5.82 Å². The Hall–Kier alpha value is -1.66. The summed E-state index contributed by atoms with van der Waals surface area (Å²) < 4.78 is 18.9. The van der Waals surface area contributed by atoms with E-state index in [-0.39, 0.29) is 24.1 Å². The van der Waals surface area contributed by atoms with Crippen LogP contribution >= 0.6 is 0 Å². The van der Waals surface area contributed by atoms with Crippen LogP contribution in [0.5, 0.6) is 0 Å². The molecule has 6 heteroatoms. The Morgan fingerprint density at radius 3 is 2.77 bits per heavy atom. The van der Waals surface area contributed by atoms with Gasteiger partial charge >= 0.3 is 6.03 Å². The van der Waals surface area contributed by atoms with Crippen LogP contribution in [0.4, 0.5) is 9.18 Å². The van der Waals surface area contributed by atoms with Crippen molar-refractivity contribution >= 4 is 6.03 Å². The Kier molecular flexibility index (Phi) is 5.74. The molecule has 0 radical (unpaired) electrons. The lowest BCUT2D eigenvalue weighted by molar-refractivity contribution is -0.0728. The van der Waals surface area contributed by atoms with Crippen LogP contribution in [-0.2, 0) is 4.74 Å². The number of amides is 2. The van der Waals surface area contributed by atoms with E-state index in [4.69, 9.17) is 10.5 Å². The molecule has 2 rings (SSSR count). The Bertz CT molecular complexity index is 495. The van der Waals surface area contributed by atoms with Crippen molar-refractivity contribution in [3.63, 3.8) is 0 Å². The van der Waals surface area contributed by atoms with Crippen molar-refractivity contribution in [2.24, 2.45) is 5.73 Å². The van der Waals surface area contributed by atoms with E-state index in [2.05, 4.69) is 0 Å². The van der Waals surface area contributed by atoms with Crippen LogP contribution in [0, 0.1) is 5.82 Å². The molecular formula is C16H23FN2O3. The summed E-state index contributed by atoms with van der Waals surface area (Å²) in [6, 6.07) is 5.30.